The number of carboxylic acid groups (broad SMARTS) is 1. The standard InChI is InChI=1S/C11H14ClNO4/c1-7(2)16-5-6-17-10-8(11(14)15)3-4-9(12)13-10/h3-4,7H,5-6H2,1-2H3,(H,14,15). The first-order valence-corrected chi connectivity index (χ1v) is 5.52. The van der Waals surface area contributed by atoms with Crippen molar-refractivity contribution in [3.63, 3.8) is 0 Å². The smallest absolute Gasteiger partial charge is 0.341 e. The lowest BCUT2D eigenvalue weighted by molar-refractivity contribution is 0.0527. The van der Waals surface area contributed by atoms with Gasteiger partial charge in [0.25, 0.3) is 0 Å². The number of rotatable bonds is 6. The quantitative estimate of drug-likeness (QED) is 0.627. The number of hydrogen-bond acceptors (Lipinski definition) is 4. The van der Waals surface area contributed by atoms with E-state index in [0.717, 1.165) is 0 Å². The fourth-order valence-electron chi connectivity index (χ4n) is 1.11. The lowest BCUT2D eigenvalue weighted by Crippen LogP contribution is -2.13. The number of hydrogen-bond donors (Lipinski definition) is 1. The summed E-state index contributed by atoms with van der Waals surface area (Å²) < 4.78 is 10.5. The van der Waals surface area contributed by atoms with E-state index in [9.17, 15) is 4.79 Å². The molecule has 0 fully saturated rings. The molecule has 1 heterocycles. The molecule has 1 aromatic heterocycles. The minimum absolute atomic E-state index is 0.0114. The molecule has 5 nitrogen and oxygen atoms in total. The van der Waals surface area contributed by atoms with Crippen molar-refractivity contribution in [3.8, 4) is 5.88 Å². The van der Waals surface area contributed by atoms with Gasteiger partial charge in [-0.2, -0.15) is 0 Å². The predicted octanol–water partition coefficient (Wildman–Crippen LogP) is 2.24. The van der Waals surface area contributed by atoms with Crippen molar-refractivity contribution in [1.82, 2.24) is 4.98 Å². The summed E-state index contributed by atoms with van der Waals surface area (Å²) in [5.41, 5.74) is -0.0149. The summed E-state index contributed by atoms with van der Waals surface area (Å²) in [4.78, 5) is 14.7. The third-order valence-electron chi connectivity index (χ3n) is 1.83. The molecule has 0 unspecified atom stereocenters. The van der Waals surface area contributed by atoms with Crippen LogP contribution in [0.5, 0.6) is 5.88 Å². The van der Waals surface area contributed by atoms with Crippen LogP contribution in [0.15, 0.2) is 12.1 Å². The first-order valence-electron chi connectivity index (χ1n) is 5.15. The highest BCUT2D eigenvalue weighted by Gasteiger charge is 2.13. The van der Waals surface area contributed by atoms with Crippen LogP contribution in [0.2, 0.25) is 5.15 Å². The van der Waals surface area contributed by atoms with Crippen molar-refractivity contribution in [1.29, 1.82) is 0 Å². The van der Waals surface area contributed by atoms with Gasteiger partial charge in [0.1, 0.15) is 17.3 Å². The van der Waals surface area contributed by atoms with E-state index < -0.39 is 5.97 Å². The topological polar surface area (TPSA) is 68.7 Å². The Morgan fingerprint density at radius 3 is 2.76 bits per heavy atom. The van der Waals surface area contributed by atoms with Crippen LogP contribution in [-0.2, 0) is 4.74 Å². The van der Waals surface area contributed by atoms with Gasteiger partial charge < -0.3 is 14.6 Å². The summed E-state index contributed by atoms with van der Waals surface area (Å²) in [6, 6.07) is 2.76. The minimum Gasteiger partial charge on any atom is -0.477 e. The molecule has 6 heteroatoms. The van der Waals surface area contributed by atoms with Gasteiger partial charge >= 0.3 is 5.97 Å². The lowest BCUT2D eigenvalue weighted by atomic mass is 10.3. The first kappa shape index (κ1) is 13.7. The van der Waals surface area contributed by atoms with Crippen molar-refractivity contribution >= 4 is 17.6 Å². The largest absolute Gasteiger partial charge is 0.477 e. The fraction of sp³-hybridized carbons (Fsp3) is 0.455. The summed E-state index contributed by atoms with van der Waals surface area (Å²) in [6.45, 7) is 4.40. The number of carboxylic acids is 1. The molecule has 1 N–H and O–H groups in total. The average Bonchev–Trinajstić information content (AvgIpc) is 2.23. The minimum atomic E-state index is -1.10. The SMILES string of the molecule is CC(C)OCCOc1nc(Cl)ccc1C(=O)O. The van der Waals surface area contributed by atoms with E-state index in [1.165, 1.54) is 12.1 Å². The molecular weight excluding hydrogens is 246 g/mol. The fourth-order valence-corrected chi connectivity index (χ4v) is 1.25. The number of aromatic carboxylic acids is 1. The van der Waals surface area contributed by atoms with Gasteiger partial charge in [-0.05, 0) is 26.0 Å². The summed E-state index contributed by atoms with van der Waals surface area (Å²) >= 11 is 5.67. The van der Waals surface area contributed by atoms with Gasteiger partial charge in [-0.25, -0.2) is 9.78 Å². The van der Waals surface area contributed by atoms with E-state index in [4.69, 9.17) is 26.2 Å². The predicted molar refractivity (Wildman–Crippen MR) is 62.8 cm³/mol. The molecule has 94 valence electrons. The van der Waals surface area contributed by atoms with Crippen LogP contribution < -0.4 is 4.74 Å². The van der Waals surface area contributed by atoms with Crippen molar-refractivity contribution < 1.29 is 19.4 Å². The zero-order chi connectivity index (χ0) is 12.8. The lowest BCUT2D eigenvalue weighted by Gasteiger charge is -2.10. The first-order chi connectivity index (χ1) is 8.00. The van der Waals surface area contributed by atoms with Crippen LogP contribution in [0.4, 0.5) is 0 Å². The van der Waals surface area contributed by atoms with Crippen molar-refractivity contribution in [2.24, 2.45) is 0 Å². The molecule has 0 saturated heterocycles. The maximum absolute atomic E-state index is 10.9. The van der Waals surface area contributed by atoms with Crippen molar-refractivity contribution in [2.45, 2.75) is 20.0 Å². The van der Waals surface area contributed by atoms with Crippen molar-refractivity contribution in [2.75, 3.05) is 13.2 Å². The van der Waals surface area contributed by atoms with Gasteiger partial charge in [0.05, 0.1) is 12.7 Å². The molecule has 1 aromatic rings. The van der Waals surface area contributed by atoms with E-state index >= 15 is 0 Å². The summed E-state index contributed by atoms with van der Waals surface area (Å²) in [7, 11) is 0. The molecule has 0 atom stereocenters. The molecule has 0 bridgehead atoms. The van der Waals surface area contributed by atoms with Crippen LogP contribution in [-0.4, -0.2) is 35.4 Å². The van der Waals surface area contributed by atoms with Gasteiger partial charge in [0, 0.05) is 0 Å². The van der Waals surface area contributed by atoms with Crippen molar-refractivity contribution in [3.05, 3.63) is 22.8 Å². The molecule has 0 saturated carbocycles. The third-order valence-corrected chi connectivity index (χ3v) is 2.04. The van der Waals surface area contributed by atoms with E-state index in [2.05, 4.69) is 4.98 Å². The number of pyridine rings is 1. The van der Waals surface area contributed by atoms with Gasteiger partial charge in [-0.15, -0.1) is 0 Å². The molecule has 0 aliphatic carbocycles. The Morgan fingerprint density at radius 1 is 1.47 bits per heavy atom. The number of nitrogens with zero attached hydrogens (tertiary/aromatic N) is 1. The second-order valence-electron chi connectivity index (χ2n) is 3.56. The molecule has 0 amide bonds. The molecule has 0 aliphatic rings. The van der Waals surface area contributed by atoms with E-state index in [0.29, 0.717) is 6.61 Å². The Labute approximate surface area is 104 Å². The second kappa shape index (κ2) is 6.42. The van der Waals surface area contributed by atoms with Gasteiger partial charge in [0.15, 0.2) is 0 Å². The van der Waals surface area contributed by atoms with Crippen LogP contribution >= 0.6 is 11.6 Å². The van der Waals surface area contributed by atoms with E-state index in [1.807, 2.05) is 13.8 Å². The van der Waals surface area contributed by atoms with Gasteiger partial charge in [-0.3, -0.25) is 0 Å². The van der Waals surface area contributed by atoms with Gasteiger partial charge in [-0.1, -0.05) is 11.6 Å². The van der Waals surface area contributed by atoms with Gasteiger partial charge in [0.2, 0.25) is 5.88 Å². The molecule has 1 rings (SSSR count). The zero-order valence-electron chi connectivity index (χ0n) is 9.64. The Bertz CT molecular complexity index is 395. The number of halogens is 1. The molecular formula is C11H14ClNO4. The Kier molecular flexibility index (Phi) is 5.18. The maximum Gasteiger partial charge on any atom is 0.341 e. The average molecular weight is 260 g/mol. The van der Waals surface area contributed by atoms with E-state index in [1.54, 1.807) is 0 Å². The summed E-state index contributed by atoms with van der Waals surface area (Å²) in [6.07, 6.45) is 0.102. The third kappa shape index (κ3) is 4.58. The van der Waals surface area contributed by atoms with E-state index in [-0.39, 0.29) is 29.3 Å². The maximum atomic E-state index is 10.9. The highest BCUT2D eigenvalue weighted by atomic mass is 35.5. The zero-order valence-corrected chi connectivity index (χ0v) is 10.4. The Morgan fingerprint density at radius 2 is 2.18 bits per heavy atom. The van der Waals surface area contributed by atoms with Crippen LogP contribution in [0.3, 0.4) is 0 Å². The molecule has 17 heavy (non-hydrogen) atoms. The highest BCUT2D eigenvalue weighted by Crippen LogP contribution is 2.18. The highest BCUT2D eigenvalue weighted by molar-refractivity contribution is 6.29. The Hall–Kier alpha value is -1.33. The number of ether oxygens (including phenoxy) is 2. The molecule has 0 spiro atoms. The molecule has 0 aliphatic heterocycles. The summed E-state index contributed by atoms with van der Waals surface area (Å²) in [5.74, 6) is -1.09. The molecule has 0 aromatic carbocycles. The normalized spacial score (nSPS) is 10.6. The van der Waals surface area contributed by atoms with Crippen LogP contribution in [0, 0.1) is 0 Å². The van der Waals surface area contributed by atoms with Crippen LogP contribution in [0.25, 0.3) is 0 Å². The second-order valence-corrected chi connectivity index (χ2v) is 3.95. The monoisotopic (exact) mass is 259 g/mol. The number of carbonyl (C=O) groups is 1. The number of aromatic nitrogens is 1. The van der Waals surface area contributed by atoms with Crippen LogP contribution in [0.1, 0.15) is 24.2 Å². The summed E-state index contributed by atoms with van der Waals surface area (Å²) in [5, 5.41) is 9.10. The molecule has 0 radical (unpaired) electrons. The Balaban J connectivity index is 2.62.